The lowest BCUT2D eigenvalue weighted by Crippen LogP contribution is -2.58. The van der Waals surface area contributed by atoms with Crippen LogP contribution < -0.4 is 10.6 Å². The van der Waals surface area contributed by atoms with E-state index in [4.69, 9.17) is 5.11 Å². The summed E-state index contributed by atoms with van der Waals surface area (Å²) < 4.78 is 0. The van der Waals surface area contributed by atoms with E-state index < -0.39 is 17.5 Å². The Morgan fingerprint density at radius 2 is 1.76 bits per heavy atom. The van der Waals surface area contributed by atoms with E-state index in [0.717, 1.165) is 12.8 Å². The van der Waals surface area contributed by atoms with E-state index in [0.29, 0.717) is 12.3 Å². The monoisotopic (exact) mass is 242 g/mol. The van der Waals surface area contributed by atoms with Crippen LogP contribution in [0.15, 0.2) is 0 Å². The second kappa shape index (κ2) is 4.55. The first kappa shape index (κ1) is 13.8. The van der Waals surface area contributed by atoms with Gasteiger partial charge in [-0.15, -0.1) is 0 Å². The summed E-state index contributed by atoms with van der Waals surface area (Å²) in [5.41, 5.74) is -1.47. The first-order valence-electron chi connectivity index (χ1n) is 6.05. The molecule has 1 atom stereocenters. The number of carboxylic acids is 1. The van der Waals surface area contributed by atoms with Gasteiger partial charge < -0.3 is 15.7 Å². The van der Waals surface area contributed by atoms with Crippen molar-refractivity contribution in [1.29, 1.82) is 0 Å². The maximum Gasteiger partial charge on any atom is 0.329 e. The molecule has 3 N–H and O–H groups in total. The van der Waals surface area contributed by atoms with Crippen LogP contribution in [-0.2, 0) is 4.79 Å². The SMILES string of the molecule is CCC(C)(NC(=O)NC(C)(C)C1CC1)C(=O)O. The van der Waals surface area contributed by atoms with Gasteiger partial charge in [0.1, 0.15) is 5.54 Å². The molecule has 1 fully saturated rings. The highest BCUT2D eigenvalue weighted by atomic mass is 16.4. The van der Waals surface area contributed by atoms with Crippen LogP contribution in [0.5, 0.6) is 0 Å². The molecule has 0 spiro atoms. The molecule has 0 aromatic rings. The summed E-state index contributed by atoms with van der Waals surface area (Å²) in [5, 5.41) is 14.4. The zero-order valence-electron chi connectivity index (χ0n) is 11.0. The Bertz CT molecular complexity index is 324. The van der Waals surface area contributed by atoms with E-state index in [1.165, 1.54) is 6.92 Å². The highest BCUT2D eigenvalue weighted by molar-refractivity contribution is 5.86. The van der Waals surface area contributed by atoms with Crippen LogP contribution in [0.3, 0.4) is 0 Å². The predicted octanol–water partition coefficient (Wildman–Crippen LogP) is 1.73. The molecule has 0 heterocycles. The van der Waals surface area contributed by atoms with Gasteiger partial charge in [-0.2, -0.15) is 0 Å². The molecular formula is C12H22N2O3. The smallest absolute Gasteiger partial charge is 0.329 e. The molecule has 1 aliphatic carbocycles. The number of nitrogens with one attached hydrogen (secondary N) is 2. The van der Waals surface area contributed by atoms with E-state index in [1.807, 2.05) is 13.8 Å². The molecule has 0 aliphatic heterocycles. The lowest BCUT2D eigenvalue weighted by atomic mass is 9.98. The maximum absolute atomic E-state index is 11.8. The van der Waals surface area contributed by atoms with Crippen LogP contribution in [0.4, 0.5) is 4.79 Å². The van der Waals surface area contributed by atoms with Gasteiger partial charge in [0.05, 0.1) is 0 Å². The van der Waals surface area contributed by atoms with E-state index in [2.05, 4.69) is 10.6 Å². The zero-order chi connectivity index (χ0) is 13.3. The average molecular weight is 242 g/mol. The number of amides is 2. The Morgan fingerprint density at radius 1 is 1.24 bits per heavy atom. The van der Waals surface area contributed by atoms with Crippen LogP contribution in [0, 0.1) is 5.92 Å². The fourth-order valence-corrected chi connectivity index (χ4v) is 1.77. The van der Waals surface area contributed by atoms with Crippen molar-refractivity contribution in [2.75, 3.05) is 0 Å². The van der Waals surface area contributed by atoms with Crippen molar-refractivity contribution in [2.24, 2.45) is 5.92 Å². The molecule has 1 saturated carbocycles. The third kappa shape index (κ3) is 3.35. The highest BCUT2D eigenvalue weighted by Gasteiger charge is 2.40. The number of hydrogen-bond donors (Lipinski definition) is 3. The number of carboxylic acid groups (broad SMARTS) is 1. The Hall–Kier alpha value is -1.26. The van der Waals surface area contributed by atoms with Crippen LogP contribution in [0.2, 0.25) is 0 Å². The second-order valence-corrected chi connectivity index (χ2v) is 5.57. The molecule has 1 aliphatic rings. The summed E-state index contributed by atoms with van der Waals surface area (Å²) >= 11 is 0. The van der Waals surface area contributed by atoms with Crippen molar-refractivity contribution < 1.29 is 14.7 Å². The number of rotatable bonds is 5. The molecule has 0 aromatic carbocycles. The van der Waals surface area contributed by atoms with Crippen LogP contribution >= 0.6 is 0 Å². The van der Waals surface area contributed by atoms with E-state index >= 15 is 0 Å². The van der Waals surface area contributed by atoms with E-state index in [1.54, 1.807) is 6.92 Å². The normalized spacial score (nSPS) is 19.3. The number of aliphatic carboxylic acids is 1. The Balaban J connectivity index is 2.56. The molecular weight excluding hydrogens is 220 g/mol. The summed E-state index contributed by atoms with van der Waals surface area (Å²) in [5.74, 6) is -0.509. The number of urea groups is 1. The minimum absolute atomic E-state index is 0.267. The van der Waals surface area contributed by atoms with Crippen LogP contribution in [0.25, 0.3) is 0 Å². The standard InChI is InChI=1S/C12H22N2O3/c1-5-12(4,9(15)16)14-10(17)13-11(2,3)8-6-7-8/h8H,5-7H2,1-4H3,(H,15,16)(H2,13,14,17). The number of carbonyl (C=O) groups excluding carboxylic acids is 1. The fourth-order valence-electron chi connectivity index (χ4n) is 1.77. The molecule has 5 nitrogen and oxygen atoms in total. The van der Waals surface area contributed by atoms with Gasteiger partial charge in [-0.25, -0.2) is 9.59 Å². The Morgan fingerprint density at radius 3 is 2.12 bits per heavy atom. The molecule has 5 heteroatoms. The zero-order valence-corrected chi connectivity index (χ0v) is 11.0. The first-order chi connectivity index (χ1) is 7.71. The van der Waals surface area contributed by atoms with Gasteiger partial charge in [-0.3, -0.25) is 0 Å². The van der Waals surface area contributed by atoms with Crippen molar-refractivity contribution in [3.05, 3.63) is 0 Å². The Kier molecular flexibility index (Phi) is 3.69. The topological polar surface area (TPSA) is 78.4 Å². The third-order valence-electron chi connectivity index (χ3n) is 3.60. The minimum Gasteiger partial charge on any atom is -0.480 e. The van der Waals surface area contributed by atoms with Crippen molar-refractivity contribution in [3.8, 4) is 0 Å². The van der Waals surface area contributed by atoms with Crippen molar-refractivity contribution in [1.82, 2.24) is 10.6 Å². The van der Waals surface area contributed by atoms with Gasteiger partial charge in [0.2, 0.25) is 0 Å². The molecule has 0 saturated heterocycles. The van der Waals surface area contributed by atoms with Crippen LogP contribution in [0.1, 0.15) is 47.0 Å². The first-order valence-corrected chi connectivity index (χ1v) is 6.05. The molecule has 0 bridgehead atoms. The third-order valence-corrected chi connectivity index (χ3v) is 3.60. The maximum atomic E-state index is 11.8. The lowest BCUT2D eigenvalue weighted by molar-refractivity contribution is -0.143. The Labute approximate surface area is 102 Å². The fraction of sp³-hybridized carbons (Fsp3) is 0.833. The molecule has 0 radical (unpaired) electrons. The summed E-state index contributed by atoms with van der Waals surface area (Å²) in [6, 6.07) is -0.409. The van der Waals surface area contributed by atoms with Gasteiger partial charge in [0.15, 0.2) is 0 Å². The van der Waals surface area contributed by atoms with Gasteiger partial charge in [0, 0.05) is 5.54 Å². The van der Waals surface area contributed by atoms with Gasteiger partial charge in [-0.1, -0.05) is 6.92 Å². The quantitative estimate of drug-likeness (QED) is 0.687. The molecule has 98 valence electrons. The molecule has 0 aromatic heterocycles. The highest BCUT2D eigenvalue weighted by Crippen LogP contribution is 2.39. The number of hydrogen-bond acceptors (Lipinski definition) is 2. The van der Waals surface area contributed by atoms with Crippen molar-refractivity contribution in [2.45, 2.75) is 58.0 Å². The number of carbonyl (C=O) groups is 2. The summed E-state index contributed by atoms with van der Waals surface area (Å²) in [6.45, 7) is 7.18. The summed E-state index contributed by atoms with van der Waals surface area (Å²) in [4.78, 5) is 22.8. The van der Waals surface area contributed by atoms with Crippen LogP contribution in [-0.4, -0.2) is 28.2 Å². The van der Waals surface area contributed by atoms with E-state index in [-0.39, 0.29) is 5.54 Å². The van der Waals surface area contributed by atoms with E-state index in [9.17, 15) is 9.59 Å². The molecule has 17 heavy (non-hydrogen) atoms. The molecule has 1 rings (SSSR count). The summed E-state index contributed by atoms with van der Waals surface area (Å²) in [6.07, 6.45) is 2.59. The van der Waals surface area contributed by atoms with Gasteiger partial charge >= 0.3 is 12.0 Å². The average Bonchev–Trinajstić information content (AvgIpc) is 2.99. The molecule has 2 amide bonds. The van der Waals surface area contributed by atoms with Gasteiger partial charge in [-0.05, 0) is 46.0 Å². The van der Waals surface area contributed by atoms with Crippen molar-refractivity contribution in [3.63, 3.8) is 0 Å². The largest absolute Gasteiger partial charge is 0.480 e. The predicted molar refractivity (Wildman–Crippen MR) is 64.8 cm³/mol. The lowest BCUT2D eigenvalue weighted by Gasteiger charge is -2.30. The minimum atomic E-state index is -1.20. The van der Waals surface area contributed by atoms with Gasteiger partial charge in [0.25, 0.3) is 0 Å². The second-order valence-electron chi connectivity index (χ2n) is 5.57. The van der Waals surface area contributed by atoms with Crippen molar-refractivity contribution >= 4 is 12.0 Å². The molecule has 1 unspecified atom stereocenters. The summed E-state index contributed by atoms with van der Waals surface area (Å²) in [7, 11) is 0.